The van der Waals surface area contributed by atoms with E-state index in [0.29, 0.717) is 31.0 Å². The largest absolute Gasteiger partial charge is 0.493 e. The molecule has 1 aliphatic rings. The topological polar surface area (TPSA) is 63.2 Å². The number of carbonyl (C=O) groups is 1. The first-order valence-electron chi connectivity index (χ1n) is 8.10. The third-order valence-electron chi connectivity index (χ3n) is 4.04. The summed E-state index contributed by atoms with van der Waals surface area (Å²) in [5, 5.41) is 8.80. The van der Waals surface area contributed by atoms with Gasteiger partial charge in [0.15, 0.2) is 11.5 Å². The van der Waals surface area contributed by atoms with E-state index in [-0.39, 0.29) is 6.03 Å². The van der Waals surface area contributed by atoms with Gasteiger partial charge in [-0.3, -0.25) is 0 Å². The lowest BCUT2D eigenvalue weighted by atomic mass is 10.1. The molecule has 0 bridgehead atoms. The van der Waals surface area contributed by atoms with Crippen LogP contribution >= 0.6 is 0 Å². The van der Waals surface area contributed by atoms with Crippen LogP contribution in [0.15, 0.2) is 53.6 Å². The summed E-state index contributed by atoms with van der Waals surface area (Å²) in [5.41, 5.74) is 2.84. The Labute approximate surface area is 147 Å². The zero-order valence-electron chi connectivity index (χ0n) is 14.4. The molecule has 0 spiro atoms. The summed E-state index contributed by atoms with van der Waals surface area (Å²) in [6.07, 6.45) is 0.703. The molecule has 6 heteroatoms. The van der Waals surface area contributed by atoms with E-state index in [1.165, 1.54) is 5.01 Å². The minimum absolute atomic E-state index is 0.195. The number of methoxy groups -OCH3 is 2. The molecule has 0 saturated heterocycles. The highest BCUT2D eigenvalue weighted by atomic mass is 16.5. The van der Waals surface area contributed by atoms with Gasteiger partial charge in [-0.05, 0) is 23.8 Å². The standard InChI is InChI=1S/C19H21N3O3/c1-24-17-9-8-15(12-18(17)25-2)16-10-11-22(21-16)19(23)20-13-14-6-4-3-5-7-14/h3-9,12H,10-11,13H2,1-2H3,(H,20,23). The van der Waals surface area contributed by atoms with Gasteiger partial charge in [0.25, 0.3) is 0 Å². The lowest BCUT2D eigenvalue weighted by Crippen LogP contribution is -2.34. The summed E-state index contributed by atoms with van der Waals surface area (Å²) in [7, 11) is 3.20. The van der Waals surface area contributed by atoms with Crippen LogP contribution < -0.4 is 14.8 Å². The molecule has 0 aromatic heterocycles. The van der Waals surface area contributed by atoms with Gasteiger partial charge in [-0.25, -0.2) is 9.80 Å². The number of nitrogens with one attached hydrogen (secondary N) is 1. The Hall–Kier alpha value is -3.02. The van der Waals surface area contributed by atoms with Crippen LogP contribution in [0.4, 0.5) is 4.79 Å². The van der Waals surface area contributed by atoms with Crippen molar-refractivity contribution in [3.05, 3.63) is 59.7 Å². The van der Waals surface area contributed by atoms with Crippen molar-refractivity contribution in [2.45, 2.75) is 13.0 Å². The SMILES string of the molecule is COc1ccc(C2=NN(C(=O)NCc3ccccc3)CC2)cc1OC. The minimum atomic E-state index is -0.195. The van der Waals surface area contributed by atoms with Gasteiger partial charge < -0.3 is 14.8 Å². The Morgan fingerprint density at radius 3 is 2.60 bits per heavy atom. The number of hydrazone groups is 1. The summed E-state index contributed by atoms with van der Waals surface area (Å²) >= 11 is 0. The lowest BCUT2D eigenvalue weighted by Gasteiger charge is -2.12. The average molecular weight is 339 g/mol. The van der Waals surface area contributed by atoms with Crippen LogP contribution in [-0.2, 0) is 6.54 Å². The van der Waals surface area contributed by atoms with E-state index >= 15 is 0 Å². The number of benzene rings is 2. The van der Waals surface area contributed by atoms with E-state index in [2.05, 4.69) is 10.4 Å². The first-order valence-corrected chi connectivity index (χ1v) is 8.10. The zero-order chi connectivity index (χ0) is 17.6. The highest BCUT2D eigenvalue weighted by Crippen LogP contribution is 2.29. The lowest BCUT2D eigenvalue weighted by molar-refractivity contribution is 0.205. The summed E-state index contributed by atoms with van der Waals surface area (Å²) in [5.74, 6) is 1.32. The van der Waals surface area contributed by atoms with E-state index in [1.54, 1.807) is 14.2 Å². The molecule has 0 unspecified atom stereocenters. The molecule has 0 saturated carbocycles. The second kappa shape index (κ2) is 7.70. The van der Waals surface area contributed by atoms with E-state index in [4.69, 9.17) is 9.47 Å². The molecule has 25 heavy (non-hydrogen) atoms. The predicted octanol–water partition coefficient (Wildman–Crippen LogP) is 3.02. The third kappa shape index (κ3) is 3.91. The van der Waals surface area contributed by atoms with Crippen molar-refractivity contribution in [2.75, 3.05) is 20.8 Å². The van der Waals surface area contributed by atoms with Crippen molar-refractivity contribution in [3.63, 3.8) is 0 Å². The van der Waals surface area contributed by atoms with Gasteiger partial charge in [0.1, 0.15) is 0 Å². The Balaban J connectivity index is 1.66. The van der Waals surface area contributed by atoms with E-state index in [0.717, 1.165) is 16.8 Å². The molecule has 3 rings (SSSR count). The molecule has 1 aliphatic heterocycles. The Kier molecular flexibility index (Phi) is 5.18. The van der Waals surface area contributed by atoms with Crippen LogP contribution in [0.25, 0.3) is 0 Å². The first-order chi connectivity index (χ1) is 12.2. The fourth-order valence-electron chi connectivity index (χ4n) is 2.69. The van der Waals surface area contributed by atoms with Crippen LogP contribution in [-0.4, -0.2) is 37.5 Å². The van der Waals surface area contributed by atoms with Crippen molar-refractivity contribution < 1.29 is 14.3 Å². The molecule has 2 aromatic carbocycles. The molecule has 130 valence electrons. The van der Waals surface area contributed by atoms with Gasteiger partial charge >= 0.3 is 6.03 Å². The van der Waals surface area contributed by atoms with Crippen LogP contribution in [0.5, 0.6) is 11.5 Å². The highest BCUT2D eigenvalue weighted by Gasteiger charge is 2.22. The minimum Gasteiger partial charge on any atom is -0.493 e. The molecule has 0 fully saturated rings. The maximum Gasteiger partial charge on any atom is 0.338 e. The number of rotatable bonds is 5. The van der Waals surface area contributed by atoms with Crippen LogP contribution in [0.3, 0.4) is 0 Å². The first kappa shape index (κ1) is 16.8. The van der Waals surface area contributed by atoms with E-state index in [1.807, 2.05) is 48.5 Å². The second-order valence-electron chi connectivity index (χ2n) is 5.63. The number of amides is 2. The Morgan fingerprint density at radius 2 is 1.88 bits per heavy atom. The summed E-state index contributed by atoms with van der Waals surface area (Å²) in [6, 6.07) is 15.2. The second-order valence-corrected chi connectivity index (χ2v) is 5.63. The van der Waals surface area contributed by atoms with E-state index in [9.17, 15) is 4.79 Å². The summed E-state index contributed by atoms with van der Waals surface area (Å²) in [6.45, 7) is 1.04. The maximum atomic E-state index is 12.3. The fraction of sp³-hybridized carbons (Fsp3) is 0.263. The Morgan fingerprint density at radius 1 is 1.12 bits per heavy atom. The van der Waals surface area contributed by atoms with Crippen LogP contribution in [0.1, 0.15) is 17.5 Å². The van der Waals surface area contributed by atoms with Crippen molar-refractivity contribution in [3.8, 4) is 11.5 Å². The normalized spacial score (nSPS) is 13.4. The summed E-state index contributed by atoms with van der Waals surface area (Å²) < 4.78 is 10.6. The molecule has 0 atom stereocenters. The number of ether oxygens (including phenoxy) is 2. The van der Waals surface area contributed by atoms with Crippen molar-refractivity contribution in [1.82, 2.24) is 10.3 Å². The van der Waals surface area contributed by atoms with Gasteiger partial charge in [0.2, 0.25) is 0 Å². The molecular formula is C19H21N3O3. The van der Waals surface area contributed by atoms with Crippen molar-refractivity contribution in [2.24, 2.45) is 5.10 Å². The molecule has 0 aliphatic carbocycles. The van der Waals surface area contributed by atoms with Gasteiger partial charge in [-0.15, -0.1) is 0 Å². The van der Waals surface area contributed by atoms with Gasteiger partial charge in [-0.2, -0.15) is 5.10 Å². The van der Waals surface area contributed by atoms with Crippen LogP contribution in [0.2, 0.25) is 0 Å². The molecule has 6 nitrogen and oxygen atoms in total. The number of nitrogens with zero attached hydrogens (tertiary/aromatic N) is 2. The molecule has 2 aromatic rings. The zero-order valence-corrected chi connectivity index (χ0v) is 14.4. The van der Waals surface area contributed by atoms with E-state index < -0.39 is 0 Å². The number of carbonyl (C=O) groups excluding carboxylic acids is 1. The summed E-state index contributed by atoms with van der Waals surface area (Å²) in [4.78, 5) is 12.3. The third-order valence-corrected chi connectivity index (χ3v) is 4.04. The van der Waals surface area contributed by atoms with Crippen molar-refractivity contribution >= 4 is 11.7 Å². The average Bonchev–Trinajstić information content (AvgIpc) is 3.16. The number of hydrogen-bond acceptors (Lipinski definition) is 4. The Bertz CT molecular complexity index is 775. The molecular weight excluding hydrogens is 318 g/mol. The molecule has 2 amide bonds. The van der Waals surface area contributed by atoms with Gasteiger partial charge in [0, 0.05) is 18.5 Å². The number of hydrogen-bond donors (Lipinski definition) is 1. The molecule has 1 heterocycles. The quantitative estimate of drug-likeness (QED) is 0.911. The fourth-order valence-corrected chi connectivity index (χ4v) is 2.69. The number of urea groups is 1. The van der Waals surface area contributed by atoms with Gasteiger partial charge in [0.05, 0.1) is 26.5 Å². The highest BCUT2D eigenvalue weighted by molar-refractivity contribution is 6.03. The maximum absolute atomic E-state index is 12.3. The molecule has 0 radical (unpaired) electrons. The van der Waals surface area contributed by atoms with Crippen molar-refractivity contribution in [1.29, 1.82) is 0 Å². The monoisotopic (exact) mass is 339 g/mol. The van der Waals surface area contributed by atoms with Crippen LogP contribution in [0, 0.1) is 0 Å². The predicted molar refractivity (Wildman–Crippen MR) is 96.1 cm³/mol. The van der Waals surface area contributed by atoms with Gasteiger partial charge in [-0.1, -0.05) is 30.3 Å². The molecule has 1 N–H and O–H groups in total. The smallest absolute Gasteiger partial charge is 0.338 e.